The molecule has 0 aromatic heterocycles. The first kappa shape index (κ1) is 15.2. The molecule has 0 aromatic carbocycles. The van der Waals surface area contributed by atoms with Crippen molar-refractivity contribution in [3.05, 3.63) is 0 Å². The minimum Gasteiger partial charge on any atom is -0.356 e. The average Bonchev–Trinajstić information content (AvgIpc) is 2.27. The zero-order valence-corrected chi connectivity index (χ0v) is 11.5. The highest BCUT2D eigenvalue weighted by atomic mass is 15.2. The van der Waals surface area contributed by atoms with Gasteiger partial charge in [-0.05, 0) is 39.9 Å². The highest BCUT2D eigenvalue weighted by Gasteiger charge is 2.00. The SMILES string of the molecule is CCN(CC)CCCNC(=NC)NC(C)C. The molecule has 2 N–H and O–H groups in total. The molecule has 0 rings (SSSR count). The fourth-order valence-electron chi connectivity index (χ4n) is 1.52. The summed E-state index contributed by atoms with van der Waals surface area (Å²) in [6, 6.07) is 0.425. The van der Waals surface area contributed by atoms with E-state index in [0.29, 0.717) is 6.04 Å². The van der Waals surface area contributed by atoms with E-state index in [9.17, 15) is 0 Å². The lowest BCUT2D eigenvalue weighted by atomic mass is 10.3. The molecule has 0 aliphatic carbocycles. The molecule has 0 aromatic rings. The maximum atomic E-state index is 4.17. The molecule has 0 bridgehead atoms. The van der Waals surface area contributed by atoms with Crippen LogP contribution in [0, 0.1) is 0 Å². The van der Waals surface area contributed by atoms with Crippen molar-refractivity contribution in [1.29, 1.82) is 0 Å². The van der Waals surface area contributed by atoms with Gasteiger partial charge in [0.15, 0.2) is 5.96 Å². The Morgan fingerprint density at radius 2 is 1.88 bits per heavy atom. The number of nitrogens with one attached hydrogen (secondary N) is 2. The van der Waals surface area contributed by atoms with Crippen molar-refractivity contribution in [1.82, 2.24) is 15.5 Å². The van der Waals surface area contributed by atoms with E-state index in [1.807, 2.05) is 7.05 Å². The topological polar surface area (TPSA) is 39.7 Å². The summed E-state index contributed by atoms with van der Waals surface area (Å²) < 4.78 is 0. The van der Waals surface area contributed by atoms with Crippen molar-refractivity contribution >= 4 is 5.96 Å². The lowest BCUT2D eigenvalue weighted by Gasteiger charge is -2.19. The molecule has 0 aliphatic rings. The molecule has 0 saturated heterocycles. The number of nitrogens with zero attached hydrogens (tertiary/aromatic N) is 2. The molecule has 0 amide bonds. The summed E-state index contributed by atoms with van der Waals surface area (Å²) in [6.45, 7) is 13.0. The van der Waals surface area contributed by atoms with Gasteiger partial charge in [0.2, 0.25) is 0 Å². The van der Waals surface area contributed by atoms with E-state index in [4.69, 9.17) is 0 Å². The van der Waals surface area contributed by atoms with Crippen molar-refractivity contribution in [3.63, 3.8) is 0 Å². The van der Waals surface area contributed by atoms with Crippen molar-refractivity contribution < 1.29 is 0 Å². The maximum absolute atomic E-state index is 4.17. The van der Waals surface area contributed by atoms with E-state index in [2.05, 4.69) is 48.2 Å². The van der Waals surface area contributed by atoms with Crippen LogP contribution in [0.1, 0.15) is 34.1 Å². The van der Waals surface area contributed by atoms with Gasteiger partial charge in [-0.2, -0.15) is 0 Å². The summed E-state index contributed by atoms with van der Waals surface area (Å²) in [5.74, 6) is 0.898. The second kappa shape index (κ2) is 9.46. The number of aliphatic imine (C=N–C) groups is 1. The quantitative estimate of drug-likeness (QED) is 0.392. The minimum absolute atomic E-state index is 0.425. The van der Waals surface area contributed by atoms with Crippen LogP contribution in [-0.4, -0.2) is 50.1 Å². The Bertz CT molecular complexity index is 185. The van der Waals surface area contributed by atoms with Gasteiger partial charge < -0.3 is 15.5 Å². The molecular formula is C12H28N4. The largest absolute Gasteiger partial charge is 0.356 e. The molecule has 4 nitrogen and oxygen atoms in total. The van der Waals surface area contributed by atoms with Gasteiger partial charge >= 0.3 is 0 Å². The van der Waals surface area contributed by atoms with Gasteiger partial charge in [-0.25, -0.2) is 0 Å². The maximum Gasteiger partial charge on any atom is 0.191 e. The van der Waals surface area contributed by atoms with E-state index in [1.54, 1.807) is 0 Å². The van der Waals surface area contributed by atoms with Crippen molar-refractivity contribution in [2.24, 2.45) is 4.99 Å². The monoisotopic (exact) mass is 228 g/mol. The molecular weight excluding hydrogens is 200 g/mol. The van der Waals surface area contributed by atoms with Gasteiger partial charge in [-0.1, -0.05) is 13.8 Å². The number of rotatable bonds is 7. The summed E-state index contributed by atoms with van der Waals surface area (Å²) >= 11 is 0. The Balaban J connectivity index is 3.63. The number of guanidine groups is 1. The van der Waals surface area contributed by atoms with Gasteiger partial charge in [-0.3, -0.25) is 4.99 Å². The van der Waals surface area contributed by atoms with Crippen LogP contribution in [0.2, 0.25) is 0 Å². The Labute approximate surface area is 101 Å². The summed E-state index contributed by atoms with van der Waals surface area (Å²) in [6.07, 6.45) is 1.15. The Hall–Kier alpha value is -0.770. The first-order valence-corrected chi connectivity index (χ1v) is 6.33. The third kappa shape index (κ3) is 7.51. The molecule has 0 radical (unpaired) electrons. The van der Waals surface area contributed by atoms with Crippen molar-refractivity contribution in [3.8, 4) is 0 Å². The lowest BCUT2D eigenvalue weighted by molar-refractivity contribution is 0.300. The fraction of sp³-hybridized carbons (Fsp3) is 0.917. The molecule has 96 valence electrons. The van der Waals surface area contributed by atoms with Crippen LogP contribution in [-0.2, 0) is 0 Å². The van der Waals surface area contributed by atoms with Crippen LogP contribution in [0.25, 0.3) is 0 Å². The lowest BCUT2D eigenvalue weighted by Crippen LogP contribution is -2.42. The Morgan fingerprint density at radius 1 is 1.25 bits per heavy atom. The van der Waals surface area contributed by atoms with E-state index in [1.165, 1.54) is 0 Å². The average molecular weight is 228 g/mol. The van der Waals surface area contributed by atoms with E-state index in [-0.39, 0.29) is 0 Å². The van der Waals surface area contributed by atoms with Crippen molar-refractivity contribution in [2.75, 3.05) is 33.2 Å². The Morgan fingerprint density at radius 3 is 2.31 bits per heavy atom. The normalized spacial score (nSPS) is 12.3. The molecule has 4 heteroatoms. The molecule has 0 heterocycles. The van der Waals surface area contributed by atoms with Crippen LogP contribution in [0.4, 0.5) is 0 Å². The molecule has 0 atom stereocenters. The van der Waals surface area contributed by atoms with Gasteiger partial charge in [0.25, 0.3) is 0 Å². The summed E-state index contributed by atoms with van der Waals surface area (Å²) in [4.78, 5) is 6.60. The first-order valence-electron chi connectivity index (χ1n) is 6.33. The van der Waals surface area contributed by atoms with Gasteiger partial charge in [0, 0.05) is 19.6 Å². The fourth-order valence-corrected chi connectivity index (χ4v) is 1.52. The summed E-state index contributed by atoms with van der Waals surface area (Å²) in [5, 5.41) is 6.59. The van der Waals surface area contributed by atoms with Crippen LogP contribution in [0.5, 0.6) is 0 Å². The number of hydrogen-bond donors (Lipinski definition) is 2. The highest BCUT2D eigenvalue weighted by molar-refractivity contribution is 5.79. The second-order valence-corrected chi connectivity index (χ2v) is 4.18. The van der Waals surface area contributed by atoms with Crippen molar-refractivity contribution in [2.45, 2.75) is 40.2 Å². The van der Waals surface area contributed by atoms with Crippen LogP contribution < -0.4 is 10.6 Å². The van der Waals surface area contributed by atoms with Crippen LogP contribution in [0.3, 0.4) is 0 Å². The van der Waals surface area contributed by atoms with Crippen LogP contribution in [0.15, 0.2) is 4.99 Å². The predicted molar refractivity (Wildman–Crippen MR) is 72.0 cm³/mol. The summed E-state index contributed by atoms with van der Waals surface area (Å²) in [7, 11) is 1.81. The van der Waals surface area contributed by atoms with E-state index in [0.717, 1.165) is 38.6 Å². The van der Waals surface area contributed by atoms with Gasteiger partial charge in [0.1, 0.15) is 0 Å². The van der Waals surface area contributed by atoms with E-state index < -0.39 is 0 Å². The zero-order chi connectivity index (χ0) is 12.4. The number of hydrogen-bond acceptors (Lipinski definition) is 2. The van der Waals surface area contributed by atoms with Gasteiger partial charge in [-0.15, -0.1) is 0 Å². The standard InChI is InChI=1S/C12H28N4/c1-6-16(7-2)10-8-9-14-12(13-5)15-11(3)4/h11H,6-10H2,1-5H3,(H2,13,14,15). The molecule has 0 unspecified atom stereocenters. The Kier molecular flexibility index (Phi) is 9.00. The van der Waals surface area contributed by atoms with Gasteiger partial charge in [0.05, 0.1) is 0 Å². The molecule has 16 heavy (non-hydrogen) atoms. The summed E-state index contributed by atoms with van der Waals surface area (Å²) in [5.41, 5.74) is 0. The predicted octanol–water partition coefficient (Wildman–Crippen LogP) is 1.29. The van der Waals surface area contributed by atoms with E-state index >= 15 is 0 Å². The molecule has 0 spiro atoms. The zero-order valence-electron chi connectivity index (χ0n) is 11.5. The third-order valence-electron chi connectivity index (χ3n) is 2.49. The van der Waals surface area contributed by atoms with Crippen LogP contribution >= 0.6 is 0 Å². The smallest absolute Gasteiger partial charge is 0.191 e. The molecule has 0 aliphatic heterocycles. The highest BCUT2D eigenvalue weighted by Crippen LogP contribution is 1.89. The molecule has 0 fully saturated rings. The second-order valence-electron chi connectivity index (χ2n) is 4.18. The first-order chi connectivity index (χ1) is 7.63. The third-order valence-corrected chi connectivity index (χ3v) is 2.49. The minimum atomic E-state index is 0.425. The molecule has 0 saturated carbocycles.